The number of phenolic OH excluding ortho intramolecular Hbond substituents is 1. The van der Waals surface area contributed by atoms with Crippen molar-refractivity contribution in [3.63, 3.8) is 0 Å². The summed E-state index contributed by atoms with van der Waals surface area (Å²) in [7, 11) is 6.26. The number of ether oxygens (including phenoxy) is 4. The van der Waals surface area contributed by atoms with Crippen molar-refractivity contribution in [2.24, 2.45) is 0 Å². The summed E-state index contributed by atoms with van der Waals surface area (Å²) >= 11 is 0. The maximum atomic E-state index is 11.2. The Hall–Kier alpha value is -2.60. The fourth-order valence-corrected chi connectivity index (χ4v) is 4.04. The van der Waals surface area contributed by atoms with Gasteiger partial charge in [-0.2, -0.15) is 0 Å². The van der Waals surface area contributed by atoms with Gasteiger partial charge in [-0.15, -0.1) is 0 Å². The molecule has 0 aromatic heterocycles. The number of aliphatic hydroxyl groups is 1. The lowest BCUT2D eigenvalue weighted by atomic mass is 9.89. The van der Waals surface area contributed by atoms with Crippen LogP contribution in [0, 0.1) is 0 Å². The van der Waals surface area contributed by atoms with Crippen LogP contribution >= 0.6 is 0 Å². The van der Waals surface area contributed by atoms with E-state index in [2.05, 4.69) is 6.92 Å². The standard InChI is InChI=1S/C22H28O6/c1-6-7-13-11-15(25-2)18-14(23)9-8-12-10-16(26-3)21(27-4)22(28-5)17(12)19(18)20(13)24/h10-11,14,23-24H,6-9H2,1-5H3. The second-order valence-corrected chi connectivity index (χ2v) is 6.86. The van der Waals surface area contributed by atoms with Crippen LogP contribution in [0.25, 0.3) is 11.1 Å². The molecule has 1 unspecified atom stereocenters. The molecular weight excluding hydrogens is 360 g/mol. The van der Waals surface area contributed by atoms with Crippen molar-refractivity contribution in [3.05, 3.63) is 28.8 Å². The van der Waals surface area contributed by atoms with E-state index in [1.54, 1.807) is 28.4 Å². The third-order valence-electron chi connectivity index (χ3n) is 5.30. The molecule has 0 amide bonds. The molecular formula is C22H28O6. The average Bonchev–Trinajstić information content (AvgIpc) is 2.85. The van der Waals surface area contributed by atoms with Crippen LogP contribution in [-0.2, 0) is 12.8 Å². The Balaban J connectivity index is 2.47. The molecule has 28 heavy (non-hydrogen) atoms. The maximum absolute atomic E-state index is 11.2. The van der Waals surface area contributed by atoms with Crippen LogP contribution < -0.4 is 18.9 Å². The van der Waals surface area contributed by atoms with Crippen molar-refractivity contribution < 1.29 is 29.2 Å². The van der Waals surface area contributed by atoms with E-state index in [1.807, 2.05) is 12.1 Å². The normalized spacial score (nSPS) is 15.3. The van der Waals surface area contributed by atoms with E-state index < -0.39 is 6.10 Å². The number of hydrogen-bond acceptors (Lipinski definition) is 6. The lowest BCUT2D eigenvalue weighted by Gasteiger charge is -2.23. The zero-order valence-electron chi connectivity index (χ0n) is 17.1. The largest absolute Gasteiger partial charge is 0.507 e. The van der Waals surface area contributed by atoms with Crippen LogP contribution in [0.3, 0.4) is 0 Å². The number of aliphatic hydroxyl groups excluding tert-OH is 1. The zero-order chi connectivity index (χ0) is 20.4. The highest BCUT2D eigenvalue weighted by molar-refractivity contribution is 5.88. The van der Waals surface area contributed by atoms with Gasteiger partial charge in [0.15, 0.2) is 11.5 Å². The molecule has 2 aromatic carbocycles. The number of methoxy groups -OCH3 is 4. The summed E-state index contributed by atoms with van der Waals surface area (Å²) in [5.74, 6) is 2.18. The van der Waals surface area contributed by atoms with Gasteiger partial charge in [0.05, 0.1) is 34.5 Å². The first-order valence-corrected chi connectivity index (χ1v) is 9.45. The van der Waals surface area contributed by atoms with E-state index in [-0.39, 0.29) is 5.75 Å². The van der Waals surface area contributed by atoms with Gasteiger partial charge in [0, 0.05) is 16.7 Å². The molecule has 0 heterocycles. The number of fused-ring (bicyclic) bond motifs is 3. The quantitative estimate of drug-likeness (QED) is 0.778. The summed E-state index contributed by atoms with van der Waals surface area (Å²) < 4.78 is 22.4. The average molecular weight is 388 g/mol. The summed E-state index contributed by atoms with van der Waals surface area (Å²) in [6.07, 6.45) is 1.86. The number of phenols is 1. The third-order valence-corrected chi connectivity index (χ3v) is 5.30. The number of aromatic hydroxyl groups is 1. The summed E-state index contributed by atoms with van der Waals surface area (Å²) in [5, 5.41) is 22.1. The van der Waals surface area contributed by atoms with Crippen LogP contribution in [0.4, 0.5) is 0 Å². The SMILES string of the molecule is CCCc1cc(OC)c2c(c1O)-c1c(cc(OC)c(OC)c1OC)CCC2O. The lowest BCUT2D eigenvalue weighted by Crippen LogP contribution is -2.04. The van der Waals surface area contributed by atoms with Crippen LogP contribution in [-0.4, -0.2) is 38.7 Å². The third kappa shape index (κ3) is 3.11. The monoisotopic (exact) mass is 388 g/mol. The highest BCUT2D eigenvalue weighted by Crippen LogP contribution is 2.55. The Bertz CT molecular complexity index is 874. The van der Waals surface area contributed by atoms with Gasteiger partial charge in [0.1, 0.15) is 11.5 Å². The smallest absolute Gasteiger partial charge is 0.203 e. The van der Waals surface area contributed by atoms with E-state index in [4.69, 9.17) is 18.9 Å². The van der Waals surface area contributed by atoms with Crippen molar-refractivity contribution in [2.75, 3.05) is 28.4 Å². The molecule has 0 spiro atoms. The van der Waals surface area contributed by atoms with E-state index in [1.165, 1.54) is 0 Å². The van der Waals surface area contributed by atoms with Gasteiger partial charge >= 0.3 is 0 Å². The fraction of sp³-hybridized carbons (Fsp3) is 0.455. The first kappa shape index (κ1) is 20.1. The van der Waals surface area contributed by atoms with Gasteiger partial charge in [0.25, 0.3) is 0 Å². The molecule has 0 radical (unpaired) electrons. The Morgan fingerprint density at radius 2 is 1.61 bits per heavy atom. The zero-order valence-corrected chi connectivity index (χ0v) is 17.1. The Morgan fingerprint density at radius 1 is 0.929 bits per heavy atom. The highest BCUT2D eigenvalue weighted by atomic mass is 16.5. The van der Waals surface area contributed by atoms with Crippen molar-refractivity contribution >= 4 is 0 Å². The van der Waals surface area contributed by atoms with Crippen LogP contribution in [0.15, 0.2) is 12.1 Å². The molecule has 3 rings (SSSR count). The molecule has 0 aliphatic heterocycles. The van der Waals surface area contributed by atoms with Gasteiger partial charge in [-0.05, 0) is 42.5 Å². The van der Waals surface area contributed by atoms with Crippen LogP contribution in [0.2, 0.25) is 0 Å². The number of rotatable bonds is 6. The lowest BCUT2D eigenvalue weighted by molar-refractivity contribution is 0.165. The van der Waals surface area contributed by atoms with Crippen molar-refractivity contribution in [1.29, 1.82) is 0 Å². The first-order valence-electron chi connectivity index (χ1n) is 9.45. The van der Waals surface area contributed by atoms with E-state index in [0.717, 1.165) is 17.5 Å². The van der Waals surface area contributed by atoms with Crippen molar-refractivity contribution in [3.8, 4) is 39.9 Å². The minimum absolute atomic E-state index is 0.144. The van der Waals surface area contributed by atoms with Gasteiger partial charge in [-0.3, -0.25) is 0 Å². The topological polar surface area (TPSA) is 77.4 Å². The predicted octanol–water partition coefficient (Wildman–Crippen LogP) is 4.03. The molecule has 2 N–H and O–H groups in total. The van der Waals surface area contributed by atoms with Crippen molar-refractivity contribution in [1.82, 2.24) is 0 Å². The maximum Gasteiger partial charge on any atom is 0.203 e. The van der Waals surface area contributed by atoms with Crippen LogP contribution in [0.1, 0.15) is 42.6 Å². The van der Waals surface area contributed by atoms with E-state index in [0.29, 0.717) is 59.0 Å². The number of hydrogen-bond donors (Lipinski definition) is 2. The molecule has 2 aromatic rings. The molecule has 0 fully saturated rings. The molecule has 0 saturated carbocycles. The number of aryl methyl sites for hydroxylation is 2. The second-order valence-electron chi connectivity index (χ2n) is 6.86. The number of benzene rings is 2. The minimum atomic E-state index is -0.777. The Kier molecular flexibility index (Phi) is 5.89. The van der Waals surface area contributed by atoms with E-state index in [9.17, 15) is 10.2 Å². The summed E-state index contributed by atoms with van der Waals surface area (Å²) in [5.41, 5.74) is 3.51. The molecule has 152 valence electrons. The molecule has 1 atom stereocenters. The van der Waals surface area contributed by atoms with Gasteiger partial charge < -0.3 is 29.2 Å². The highest BCUT2D eigenvalue weighted by Gasteiger charge is 2.33. The fourth-order valence-electron chi connectivity index (χ4n) is 4.04. The Morgan fingerprint density at radius 3 is 2.18 bits per heavy atom. The first-order chi connectivity index (χ1) is 13.5. The second kappa shape index (κ2) is 8.19. The predicted molar refractivity (Wildman–Crippen MR) is 107 cm³/mol. The molecule has 6 heteroatoms. The molecule has 6 nitrogen and oxygen atoms in total. The summed E-state index contributed by atoms with van der Waals surface area (Å²) in [6, 6.07) is 3.70. The van der Waals surface area contributed by atoms with Crippen LogP contribution in [0.5, 0.6) is 28.7 Å². The van der Waals surface area contributed by atoms with E-state index >= 15 is 0 Å². The summed E-state index contributed by atoms with van der Waals surface area (Å²) in [6.45, 7) is 2.05. The minimum Gasteiger partial charge on any atom is -0.507 e. The molecule has 1 aliphatic carbocycles. The molecule has 1 aliphatic rings. The summed E-state index contributed by atoms with van der Waals surface area (Å²) in [4.78, 5) is 0. The Labute approximate surface area is 165 Å². The molecule has 0 bridgehead atoms. The van der Waals surface area contributed by atoms with Gasteiger partial charge in [-0.25, -0.2) is 0 Å². The molecule has 0 saturated heterocycles. The van der Waals surface area contributed by atoms with Crippen molar-refractivity contribution in [2.45, 2.75) is 38.7 Å². The van der Waals surface area contributed by atoms with Gasteiger partial charge in [0.2, 0.25) is 5.75 Å². The van der Waals surface area contributed by atoms with Gasteiger partial charge in [-0.1, -0.05) is 13.3 Å².